The summed E-state index contributed by atoms with van der Waals surface area (Å²) in [6.45, 7) is 4.43. The lowest BCUT2D eigenvalue weighted by molar-refractivity contribution is -0.117. The highest BCUT2D eigenvalue weighted by Gasteiger charge is 2.33. The Hall–Kier alpha value is -0.590. The van der Waals surface area contributed by atoms with Crippen molar-refractivity contribution in [2.24, 2.45) is 11.8 Å². The van der Waals surface area contributed by atoms with E-state index in [0.717, 1.165) is 12.8 Å². The lowest BCUT2D eigenvalue weighted by atomic mass is 9.83. The number of carbonyl (C=O) groups is 1. The van der Waals surface area contributed by atoms with Crippen molar-refractivity contribution in [2.75, 3.05) is 0 Å². The Kier molecular flexibility index (Phi) is 2.27. The van der Waals surface area contributed by atoms with Gasteiger partial charge in [-0.25, -0.2) is 0 Å². The molecule has 13 heavy (non-hydrogen) atoms. The molecule has 0 bridgehead atoms. The molecule has 2 rings (SSSR count). The number of fused-ring (bicyclic) bond motifs is 1. The van der Waals surface area contributed by atoms with E-state index in [1.165, 1.54) is 30.4 Å². The highest BCUT2D eigenvalue weighted by Crippen LogP contribution is 2.42. The molecule has 1 saturated carbocycles. The van der Waals surface area contributed by atoms with Crippen LogP contribution in [-0.4, -0.2) is 5.78 Å². The first-order valence-electron chi connectivity index (χ1n) is 5.46. The summed E-state index contributed by atoms with van der Waals surface area (Å²) in [5.41, 5.74) is 2.70. The third kappa shape index (κ3) is 1.45. The topological polar surface area (TPSA) is 17.1 Å². The molecule has 1 nitrogen and oxygen atoms in total. The zero-order chi connectivity index (χ0) is 9.42. The van der Waals surface area contributed by atoms with Gasteiger partial charge in [-0.2, -0.15) is 0 Å². The van der Waals surface area contributed by atoms with Crippen LogP contribution in [0.2, 0.25) is 0 Å². The molecule has 72 valence electrons. The second-order valence-electron chi connectivity index (χ2n) is 4.64. The Morgan fingerprint density at radius 1 is 1.23 bits per heavy atom. The van der Waals surface area contributed by atoms with Crippen molar-refractivity contribution in [1.82, 2.24) is 0 Å². The highest BCUT2D eigenvalue weighted by molar-refractivity contribution is 5.97. The SMILES string of the molecule is CC(C)C1=C2C(=O)CCCC2CC1. The van der Waals surface area contributed by atoms with E-state index in [1.54, 1.807) is 0 Å². The Morgan fingerprint density at radius 2 is 2.00 bits per heavy atom. The van der Waals surface area contributed by atoms with Crippen LogP contribution in [0.25, 0.3) is 0 Å². The summed E-state index contributed by atoms with van der Waals surface area (Å²) in [5, 5.41) is 0. The van der Waals surface area contributed by atoms with Gasteiger partial charge in [0.25, 0.3) is 0 Å². The average Bonchev–Trinajstić information content (AvgIpc) is 2.49. The van der Waals surface area contributed by atoms with E-state index in [0.29, 0.717) is 17.6 Å². The Balaban J connectivity index is 2.32. The first-order valence-corrected chi connectivity index (χ1v) is 5.46. The fraction of sp³-hybridized carbons (Fsp3) is 0.750. The summed E-state index contributed by atoms with van der Waals surface area (Å²) in [7, 11) is 0. The molecule has 0 aromatic heterocycles. The third-order valence-corrected chi connectivity index (χ3v) is 3.47. The predicted octanol–water partition coefficient (Wildman–Crippen LogP) is 3.10. The fourth-order valence-electron chi connectivity index (χ4n) is 2.81. The molecule has 0 radical (unpaired) electrons. The van der Waals surface area contributed by atoms with Crippen molar-refractivity contribution >= 4 is 5.78 Å². The first-order chi connectivity index (χ1) is 6.20. The minimum atomic E-state index is 0.456. The molecule has 0 N–H and O–H groups in total. The lowest BCUT2D eigenvalue weighted by Crippen LogP contribution is -2.17. The van der Waals surface area contributed by atoms with Gasteiger partial charge in [-0.3, -0.25) is 4.79 Å². The first kappa shape index (κ1) is 8.98. The van der Waals surface area contributed by atoms with Crippen LogP contribution in [0.3, 0.4) is 0 Å². The van der Waals surface area contributed by atoms with Crippen LogP contribution in [-0.2, 0) is 4.79 Å². The van der Waals surface area contributed by atoms with Crippen molar-refractivity contribution < 1.29 is 4.79 Å². The van der Waals surface area contributed by atoms with E-state index < -0.39 is 0 Å². The molecule has 1 unspecified atom stereocenters. The molecule has 1 heteroatoms. The second-order valence-corrected chi connectivity index (χ2v) is 4.64. The van der Waals surface area contributed by atoms with Crippen LogP contribution >= 0.6 is 0 Å². The fourth-order valence-corrected chi connectivity index (χ4v) is 2.81. The summed E-state index contributed by atoms with van der Waals surface area (Å²) in [6.07, 6.45) is 5.62. The number of Topliss-reactive ketones (excluding diaryl/α,β-unsaturated/α-hetero) is 1. The van der Waals surface area contributed by atoms with Crippen molar-refractivity contribution in [2.45, 2.75) is 46.0 Å². The number of hydrogen-bond donors (Lipinski definition) is 0. The van der Waals surface area contributed by atoms with Gasteiger partial charge in [0, 0.05) is 6.42 Å². The molecule has 0 spiro atoms. The highest BCUT2D eigenvalue weighted by atomic mass is 16.1. The number of rotatable bonds is 1. The Bertz CT molecular complexity index is 260. The summed E-state index contributed by atoms with van der Waals surface area (Å²) >= 11 is 0. The number of hydrogen-bond acceptors (Lipinski definition) is 1. The van der Waals surface area contributed by atoms with Gasteiger partial charge in [0.2, 0.25) is 0 Å². The standard InChI is InChI=1S/C12H18O/c1-8(2)10-7-6-9-4-3-5-11(13)12(9)10/h8-9H,3-7H2,1-2H3. The van der Waals surface area contributed by atoms with Gasteiger partial charge in [0.05, 0.1) is 0 Å². The van der Waals surface area contributed by atoms with Crippen LogP contribution in [0.15, 0.2) is 11.1 Å². The summed E-state index contributed by atoms with van der Waals surface area (Å²) in [4.78, 5) is 11.7. The molecule has 0 heterocycles. The van der Waals surface area contributed by atoms with E-state index in [9.17, 15) is 4.79 Å². The number of ketones is 1. The third-order valence-electron chi connectivity index (χ3n) is 3.47. The van der Waals surface area contributed by atoms with E-state index in [-0.39, 0.29) is 0 Å². The molecule has 1 fully saturated rings. The molecule has 0 saturated heterocycles. The summed E-state index contributed by atoms with van der Waals surface area (Å²) in [6, 6.07) is 0. The maximum Gasteiger partial charge on any atom is 0.159 e. The molecule has 0 amide bonds. The quantitative estimate of drug-likeness (QED) is 0.603. The second kappa shape index (κ2) is 3.28. The maximum absolute atomic E-state index is 11.7. The minimum absolute atomic E-state index is 0.456. The molecule has 2 aliphatic carbocycles. The van der Waals surface area contributed by atoms with Crippen molar-refractivity contribution in [1.29, 1.82) is 0 Å². The molecule has 2 aliphatic rings. The van der Waals surface area contributed by atoms with Gasteiger partial charge in [-0.15, -0.1) is 0 Å². The van der Waals surface area contributed by atoms with E-state index in [4.69, 9.17) is 0 Å². The molecule has 0 aliphatic heterocycles. The largest absolute Gasteiger partial charge is 0.295 e. The summed E-state index contributed by atoms with van der Waals surface area (Å²) in [5.74, 6) is 1.68. The average molecular weight is 178 g/mol. The van der Waals surface area contributed by atoms with Gasteiger partial charge < -0.3 is 0 Å². The van der Waals surface area contributed by atoms with E-state index in [1.807, 2.05) is 0 Å². The Labute approximate surface area is 80.2 Å². The van der Waals surface area contributed by atoms with Gasteiger partial charge in [0.15, 0.2) is 5.78 Å². The molecule has 0 aromatic rings. The van der Waals surface area contributed by atoms with Crippen LogP contribution in [0.5, 0.6) is 0 Å². The Morgan fingerprint density at radius 3 is 2.69 bits per heavy atom. The van der Waals surface area contributed by atoms with Crippen LogP contribution in [0.4, 0.5) is 0 Å². The van der Waals surface area contributed by atoms with Gasteiger partial charge >= 0.3 is 0 Å². The van der Waals surface area contributed by atoms with Gasteiger partial charge in [-0.05, 0) is 43.1 Å². The maximum atomic E-state index is 11.7. The number of carbonyl (C=O) groups excluding carboxylic acids is 1. The minimum Gasteiger partial charge on any atom is -0.295 e. The lowest BCUT2D eigenvalue weighted by Gasteiger charge is -2.20. The van der Waals surface area contributed by atoms with Crippen molar-refractivity contribution in [3.63, 3.8) is 0 Å². The normalized spacial score (nSPS) is 28.5. The molecular formula is C12H18O. The monoisotopic (exact) mass is 178 g/mol. The van der Waals surface area contributed by atoms with Crippen LogP contribution in [0.1, 0.15) is 46.0 Å². The molecular weight excluding hydrogens is 160 g/mol. The number of allylic oxidation sites excluding steroid dienone is 2. The van der Waals surface area contributed by atoms with Crippen molar-refractivity contribution in [3.05, 3.63) is 11.1 Å². The zero-order valence-corrected chi connectivity index (χ0v) is 8.60. The van der Waals surface area contributed by atoms with E-state index in [2.05, 4.69) is 13.8 Å². The smallest absolute Gasteiger partial charge is 0.159 e. The molecule has 0 aromatic carbocycles. The molecule has 1 atom stereocenters. The van der Waals surface area contributed by atoms with Crippen molar-refractivity contribution in [3.8, 4) is 0 Å². The van der Waals surface area contributed by atoms with Gasteiger partial charge in [-0.1, -0.05) is 19.4 Å². The van der Waals surface area contributed by atoms with Gasteiger partial charge in [0.1, 0.15) is 0 Å². The van der Waals surface area contributed by atoms with E-state index >= 15 is 0 Å². The zero-order valence-electron chi connectivity index (χ0n) is 8.60. The summed E-state index contributed by atoms with van der Waals surface area (Å²) < 4.78 is 0. The van der Waals surface area contributed by atoms with Crippen LogP contribution in [0, 0.1) is 11.8 Å². The predicted molar refractivity (Wildman–Crippen MR) is 53.4 cm³/mol. The van der Waals surface area contributed by atoms with Crippen LogP contribution < -0.4 is 0 Å².